The van der Waals surface area contributed by atoms with E-state index in [0.717, 1.165) is 12.0 Å². The first-order chi connectivity index (χ1) is 7.74. The van der Waals surface area contributed by atoms with Crippen molar-refractivity contribution in [3.63, 3.8) is 0 Å². The van der Waals surface area contributed by atoms with Crippen LogP contribution in [0.4, 0.5) is 0 Å². The standard InChI is InChI=1S/C12H17NO3/c1-2-8-16-12(15)6-5-11(14)10-4-3-7-13-9-10/h3-4,7,9,11,14H,2,5-6,8H2,1H3. The van der Waals surface area contributed by atoms with Gasteiger partial charge in [0.15, 0.2) is 0 Å². The van der Waals surface area contributed by atoms with Crippen LogP contribution >= 0.6 is 0 Å². The van der Waals surface area contributed by atoms with Crippen molar-refractivity contribution in [2.75, 3.05) is 6.61 Å². The van der Waals surface area contributed by atoms with Gasteiger partial charge >= 0.3 is 5.97 Å². The fourth-order valence-electron chi connectivity index (χ4n) is 1.28. The molecule has 0 aliphatic carbocycles. The SMILES string of the molecule is CCCOC(=O)CCC(O)c1cccnc1. The summed E-state index contributed by atoms with van der Waals surface area (Å²) in [5, 5.41) is 9.75. The summed E-state index contributed by atoms with van der Waals surface area (Å²) in [5.74, 6) is -0.259. The van der Waals surface area contributed by atoms with Crippen LogP contribution in [0.5, 0.6) is 0 Å². The first-order valence-corrected chi connectivity index (χ1v) is 5.47. The van der Waals surface area contributed by atoms with Crippen molar-refractivity contribution in [3.8, 4) is 0 Å². The summed E-state index contributed by atoms with van der Waals surface area (Å²) in [5.41, 5.74) is 0.728. The number of carbonyl (C=O) groups is 1. The maximum Gasteiger partial charge on any atom is 0.305 e. The Balaban J connectivity index is 2.30. The Morgan fingerprint density at radius 1 is 1.62 bits per heavy atom. The molecule has 0 aliphatic rings. The minimum Gasteiger partial charge on any atom is -0.466 e. The number of ether oxygens (including phenoxy) is 1. The topological polar surface area (TPSA) is 59.4 Å². The van der Waals surface area contributed by atoms with Crippen LogP contribution in [0, 0.1) is 0 Å². The molecule has 1 atom stereocenters. The van der Waals surface area contributed by atoms with Crippen molar-refractivity contribution in [2.24, 2.45) is 0 Å². The van der Waals surface area contributed by atoms with Crippen molar-refractivity contribution in [2.45, 2.75) is 32.3 Å². The van der Waals surface area contributed by atoms with E-state index >= 15 is 0 Å². The highest BCUT2D eigenvalue weighted by Crippen LogP contribution is 2.16. The second-order valence-electron chi connectivity index (χ2n) is 3.56. The maximum atomic E-state index is 11.2. The number of aromatic nitrogens is 1. The van der Waals surface area contributed by atoms with Crippen molar-refractivity contribution < 1.29 is 14.6 Å². The minimum atomic E-state index is -0.650. The van der Waals surface area contributed by atoms with E-state index in [1.54, 1.807) is 24.5 Å². The van der Waals surface area contributed by atoms with Gasteiger partial charge in [0.25, 0.3) is 0 Å². The van der Waals surface area contributed by atoms with Crippen molar-refractivity contribution >= 4 is 5.97 Å². The summed E-state index contributed by atoms with van der Waals surface area (Å²) in [6, 6.07) is 3.54. The van der Waals surface area contributed by atoms with Crippen LogP contribution in [0.15, 0.2) is 24.5 Å². The number of hydrogen-bond donors (Lipinski definition) is 1. The summed E-state index contributed by atoms with van der Waals surface area (Å²) in [4.78, 5) is 15.1. The Morgan fingerprint density at radius 3 is 3.06 bits per heavy atom. The molecular formula is C12H17NO3. The zero-order valence-electron chi connectivity index (χ0n) is 9.43. The first kappa shape index (κ1) is 12.6. The van der Waals surface area contributed by atoms with Gasteiger partial charge in [-0.1, -0.05) is 13.0 Å². The lowest BCUT2D eigenvalue weighted by molar-refractivity contribution is -0.144. The van der Waals surface area contributed by atoms with Gasteiger partial charge in [-0.05, 0) is 24.5 Å². The van der Waals surface area contributed by atoms with Gasteiger partial charge in [-0.15, -0.1) is 0 Å². The van der Waals surface area contributed by atoms with Gasteiger partial charge in [-0.3, -0.25) is 9.78 Å². The minimum absolute atomic E-state index is 0.232. The zero-order chi connectivity index (χ0) is 11.8. The normalized spacial score (nSPS) is 12.1. The van der Waals surface area contributed by atoms with E-state index < -0.39 is 6.10 Å². The van der Waals surface area contributed by atoms with E-state index in [4.69, 9.17) is 4.74 Å². The van der Waals surface area contributed by atoms with Crippen LogP contribution in [0.25, 0.3) is 0 Å². The highest BCUT2D eigenvalue weighted by Gasteiger charge is 2.10. The lowest BCUT2D eigenvalue weighted by Crippen LogP contribution is -2.08. The van der Waals surface area contributed by atoms with Crippen molar-refractivity contribution in [1.82, 2.24) is 4.98 Å². The quantitative estimate of drug-likeness (QED) is 0.748. The van der Waals surface area contributed by atoms with E-state index in [0.29, 0.717) is 13.0 Å². The Kier molecular flexibility index (Phi) is 5.50. The Labute approximate surface area is 95.3 Å². The molecule has 1 aromatic rings. The summed E-state index contributed by atoms with van der Waals surface area (Å²) in [6.07, 6.45) is 4.01. The molecule has 1 heterocycles. The summed E-state index contributed by atoms with van der Waals surface area (Å²) in [6.45, 7) is 2.39. The van der Waals surface area contributed by atoms with Gasteiger partial charge in [0.2, 0.25) is 0 Å². The molecule has 16 heavy (non-hydrogen) atoms. The molecule has 0 saturated carbocycles. The smallest absolute Gasteiger partial charge is 0.305 e. The van der Waals surface area contributed by atoms with Crippen LogP contribution in [0.1, 0.15) is 37.9 Å². The van der Waals surface area contributed by atoms with Gasteiger partial charge in [0.1, 0.15) is 0 Å². The average Bonchev–Trinajstić information content (AvgIpc) is 2.34. The number of aliphatic hydroxyl groups is 1. The van der Waals surface area contributed by atoms with Gasteiger partial charge in [-0.2, -0.15) is 0 Å². The Bertz CT molecular complexity index is 313. The predicted octanol–water partition coefficient (Wildman–Crippen LogP) is 1.85. The summed E-state index contributed by atoms with van der Waals surface area (Å²) in [7, 11) is 0. The molecule has 1 N–H and O–H groups in total. The van der Waals surface area contributed by atoms with Crippen LogP contribution in [-0.2, 0) is 9.53 Å². The average molecular weight is 223 g/mol. The molecule has 0 fully saturated rings. The molecule has 0 aromatic carbocycles. The number of nitrogens with zero attached hydrogens (tertiary/aromatic N) is 1. The highest BCUT2D eigenvalue weighted by molar-refractivity contribution is 5.69. The third-order valence-electron chi connectivity index (χ3n) is 2.16. The van der Waals surface area contributed by atoms with Crippen LogP contribution < -0.4 is 0 Å². The molecule has 0 bridgehead atoms. The van der Waals surface area contributed by atoms with Gasteiger partial charge in [0.05, 0.1) is 12.7 Å². The zero-order valence-corrected chi connectivity index (χ0v) is 9.43. The van der Waals surface area contributed by atoms with Crippen molar-refractivity contribution in [1.29, 1.82) is 0 Å². The maximum absolute atomic E-state index is 11.2. The molecule has 0 spiro atoms. The molecule has 1 unspecified atom stereocenters. The van der Waals surface area contributed by atoms with Gasteiger partial charge in [-0.25, -0.2) is 0 Å². The van der Waals surface area contributed by atoms with Crippen LogP contribution in [0.2, 0.25) is 0 Å². The number of esters is 1. The number of carbonyl (C=O) groups excluding carboxylic acids is 1. The molecular weight excluding hydrogens is 206 g/mol. The lowest BCUT2D eigenvalue weighted by atomic mass is 10.1. The lowest BCUT2D eigenvalue weighted by Gasteiger charge is -2.09. The van der Waals surface area contributed by atoms with E-state index in [2.05, 4.69) is 4.98 Å². The molecule has 1 aromatic heterocycles. The van der Waals surface area contributed by atoms with E-state index in [-0.39, 0.29) is 12.4 Å². The molecule has 0 saturated heterocycles. The second-order valence-corrected chi connectivity index (χ2v) is 3.56. The molecule has 0 radical (unpaired) electrons. The van der Waals surface area contributed by atoms with E-state index in [1.807, 2.05) is 6.92 Å². The number of aliphatic hydroxyl groups excluding tert-OH is 1. The molecule has 0 aliphatic heterocycles. The fraction of sp³-hybridized carbons (Fsp3) is 0.500. The molecule has 4 nitrogen and oxygen atoms in total. The van der Waals surface area contributed by atoms with Crippen molar-refractivity contribution in [3.05, 3.63) is 30.1 Å². The fourth-order valence-corrected chi connectivity index (χ4v) is 1.28. The Hall–Kier alpha value is -1.42. The first-order valence-electron chi connectivity index (χ1n) is 5.47. The Morgan fingerprint density at radius 2 is 2.44 bits per heavy atom. The number of hydrogen-bond acceptors (Lipinski definition) is 4. The second kappa shape index (κ2) is 6.95. The van der Waals surface area contributed by atoms with Crippen LogP contribution in [-0.4, -0.2) is 22.7 Å². The monoisotopic (exact) mass is 223 g/mol. The third-order valence-corrected chi connectivity index (χ3v) is 2.16. The molecule has 0 amide bonds. The largest absolute Gasteiger partial charge is 0.466 e. The highest BCUT2D eigenvalue weighted by atomic mass is 16.5. The summed E-state index contributed by atoms with van der Waals surface area (Å²) < 4.78 is 4.91. The third kappa shape index (κ3) is 4.40. The van der Waals surface area contributed by atoms with Crippen LogP contribution in [0.3, 0.4) is 0 Å². The number of pyridine rings is 1. The predicted molar refractivity (Wildman–Crippen MR) is 59.7 cm³/mol. The number of rotatable bonds is 6. The van der Waals surface area contributed by atoms with E-state index in [9.17, 15) is 9.90 Å². The van der Waals surface area contributed by atoms with Gasteiger partial charge < -0.3 is 9.84 Å². The van der Waals surface area contributed by atoms with Gasteiger partial charge in [0, 0.05) is 18.8 Å². The molecule has 1 rings (SSSR count). The molecule has 4 heteroatoms. The van der Waals surface area contributed by atoms with E-state index in [1.165, 1.54) is 0 Å². The molecule has 88 valence electrons. The summed E-state index contributed by atoms with van der Waals surface area (Å²) >= 11 is 0.